The fourth-order valence-electron chi connectivity index (χ4n) is 1.90. The molecule has 0 saturated heterocycles. The summed E-state index contributed by atoms with van der Waals surface area (Å²) < 4.78 is 0. The first-order valence-electron chi connectivity index (χ1n) is 6.14. The molecular formula is C12H28N2. The van der Waals surface area contributed by atoms with Crippen molar-refractivity contribution in [3.8, 4) is 0 Å². The fraction of sp³-hybridized carbons (Fsp3) is 1.00. The summed E-state index contributed by atoms with van der Waals surface area (Å²) in [6.45, 7) is 14.8. The molecule has 2 nitrogen and oxygen atoms in total. The van der Waals surface area contributed by atoms with Crippen molar-refractivity contribution in [2.75, 3.05) is 19.6 Å². The Kier molecular flexibility index (Phi) is 8.20. The van der Waals surface area contributed by atoms with Gasteiger partial charge in [-0.1, -0.05) is 20.8 Å². The highest BCUT2D eigenvalue weighted by atomic mass is 15.2. The van der Waals surface area contributed by atoms with E-state index >= 15 is 0 Å². The van der Waals surface area contributed by atoms with Crippen LogP contribution in [0.1, 0.15) is 47.5 Å². The van der Waals surface area contributed by atoms with Crippen molar-refractivity contribution in [2.24, 2.45) is 0 Å². The Bertz CT molecular complexity index is 119. The zero-order chi connectivity index (χ0) is 11.0. The summed E-state index contributed by atoms with van der Waals surface area (Å²) in [4.78, 5) is 2.59. The molecular weight excluding hydrogens is 172 g/mol. The normalized spacial score (nSPS) is 15.9. The standard InChI is InChI=1S/C12H28N2/c1-6-9-14(10-7-2)12(5)11(4)13-8-3/h11-13H,6-10H2,1-5H3. The fourth-order valence-corrected chi connectivity index (χ4v) is 1.90. The molecule has 2 atom stereocenters. The van der Waals surface area contributed by atoms with Gasteiger partial charge in [0.25, 0.3) is 0 Å². The van der Waals surface area contributed by atoms with Gasteiger partial charge >= 0.3 is 0 Å². The van der Waals surface area contributed by atoms with E-state index < -0.39 is 0 Å². The first-order chi connectivity index (χ1) is 6.67. The van der Waals surface area contributed by atoms with E-state index in [0.29, 0.717) is 12.1 Å². The van der Waals surface area contributed by atoms with Crippen LogP contribution in [0.25, 0.3) is 0 Å². The molecule has 0 saturated carbocycles. The van der Waals surface area contributed by atoms with E-state index in [9.17, 15) is 0 Å². The van der Waals surface area contributed by atoms with E-state index in [1.807, 2.05) is 0 Å². The summed E-state index contributed by atoms with van der Waals surface area (Å²) in [6, 6.07) is 1.24. The van der Waals surface area contributed by atoms with Gasteiger partial charge in [0.1, 0.15) is 0 Å². The van der Waals surface area contributed by atoms with E-state index in [2.05, 4.69) is 44.8 Å². The second-order valence-electron chi connectivity index (χ2n) is 4.12. The van der Waals surface area contributed by atoms with Gasteiger partial charge in [-0.25, -0.2) is 0 Å². The van der Waals surface area contributed by atoms with Crippen LogP contribution in [0.3, 0.4) is 0 Å². The van der Waals surface area contributed by atoms with Crippen LogP contribution in [0, 0.1) is 0 Å². The van der Waals surface area contributed by atoms with Crippen LogP contribution >= 0.6 is 0 Å². The third-order valence-electron chi connectivity index (χ3n) is 2.85. The van der Waals surface area contributed by atoms with Crippen molar-refractivity contribution >= 4 is 0 Å². The number of hydrogen-bond donors (Lipinski definition) is 1. The number of nitrogens with one attached hydrogen (secondary N) is 1. The lowest BCUT2D eigenvalue weighted by molar-refractivity contribution is 0.176. The first kappa shape index (κ1) is 13.9. The lowest BCUT2D eigenvalue weighted by Crippen LogP contribution is -2.47. The maximum Gasteiger partial charge on any atom is 0.0218 e. The molecule has 0 aliphatic rings. The molecule has 0 aromatic carbocycles. The average molecular weight is 200 g/mol. The molecule has 86 valence electrons. The molecule has 0 aliphatic carbocycles. The summed E-state index contributed by atoms with van der Waals surface area (Å²) in [5.74, 6) is 0. The summed E-state index contributed by atoms with van der Waals surface area (Å²) in [5.41, 5.74) is 0. The molecule has 1 N–H and O–H groups in total. The van der Waals surface area contributed by atoms with Crippen LogP contribution in [-0.2, 0) is 0 Å². The molecule has 0 radical (unpaired) electrons. The molecule has 0 spiro atoms. The lowest BCUT2D eigenvalue weighted by Gasteiger charge is -2.33. The summed E-state index contributed by atoms with van der Waals surface area (Å²) in [5, 5.41) is 3.50. The molecule has 0 amide bonds. The van der Waals surface area contributed by atoms with Crippen molar-refractivity contribution in [2.45, 2.75) is 59.5 Å². The maximum absolute atomic E-state index is 3.50. The Balaban J connectivity index is 4.03. The van der Waals surface area contributed by atoms with Gasteiger partial charge in [0, 0.05) is 12.1 Å². The molecule has 0 heterocycles. The van der Waals surface area contributed by atoms with E-state index in [1.165, 1.54) is 25.9 Å². The van der Waals surface area contributed by atoms with Gasteiger partial charge < -0.3 is 5.32 Å². The van der Waals surface area contributed by atoms with Crippen LogP contribution in [0.5, 0.6) is 0 Å². The summed E-state index contributed by atoms with van der Waals surface area (Å²) >= 11 is 0. The second kappa shape index (κ2) is 8.25. The van der Waals surface area contributed by atoms with Gasteiger partial charge in [0.2, 0.25) is 0 Å². The van der Waals surface area contributed by atoms with Gasteiger partial charge in [-0.2, -0.15) is 0 Å². The molecule has 0 aliphatic heterocycles. The molecule has 0 rings (SSSR count). The number of nitrogens with zero attached hydrogens (tertiary/aromatic N) is 1. The average Bonchev–Trinajstić information content (AvgIpc) is 2.17. The number of rotatable bonds is 8. The van der Waals surface area contributed by atoms with Crippen LogP contribution < -0.4 is 5.32 Å². The molecule has 0 aromatic heterocycles. The lowest BCUT2D eigenvalue weighted by atomic mass is 10.1. The Morgan fingerprint density at radius 1 is 1.00 bits per heavy atom. The van der Waals surface area contributed by atoms with Crippen molar-refractivity contribution in [3.63, 3.8) is 0 Å². The Morgan fingerprint density at radius 2 is 1.50 bits per heavy atom. The smallest absolute Gasteiger partial charge is 0.0218 e. The van der Waals surface area contributed by atoms with E-state index in [4.69, 9.17) is 0 Å². The van der Waals surface area contributed by atoms with Gasteiger partial charge in [-0.3, -0.25) is 4.90 Å². The highest BCUT2D eigenvalue weighted by molar-refractivity contribution is 4.76. The summed E-state index contributed by atoms with van der Waals surface area (Å²) in [6.07, 6.45) is 2.51. The Morgan fingerprint density at radius 3 is 1.86 bits per heavy atom. The highest BCUT2D eigenvalue weighted by Crippen LogP contribution is 2.06. The van der Waals surface area contributed by atoms with Crippen LogP contribution in [0.15, 0.2) is 0 Å². The quantitative estimate of drug-likeness (QED) is 0.647. The van der Waals surface area contributed by atoms with E-state index in [-0.39, 0.29) is 0 Å². The predicted molar refractivity (Wildman–Crippen MR) is 64.8 cm³/mol. The molecule has 0 fully saturated rings. The predicted octanol–water partition coefficient (Wildman–Crippen LogP) is 2.49. The largest absolute Gasteiger partial charge is 0.313 e. The molecule has 2 heteroatoms. The molecule has 0 bridgehead atoms. The minimum absolute atomic E-state index is 0.595. The van der Waals surface area contributed by atoms with Crippen LogP contribution in [0.4, 0.5) is 0 Å². The molecule has 14 heavy (non-hydrogen) atoms. The minimum Gasteiger partial charge on any atom is -0.313 e. The van der Waals surface area contributed by atoms with Gasteiger partial charge in [-0.05, 0) is 46.3 Å². The van der Waals surface area contributed by atoms with Gasteiger partial charge in [-0.15, -0.1) is 0 Å². The maximum atomic E-state index is 3.50. The third-order valence-corrected chi connectivity index (χ3v) is 2.85. The third kappa shape index (κ3) is 4.97. The Hall–Kier alpha value is -0.0800. The topological polar surface area (TPSA) is 15.3 Å². The molecule has 2 unspecified atom stereocenters. The molecule has 0 aromatic rings. The van der Waals surface area contributed by atoms with Crippen molar-refractivity contribution in [1.82, 2.24) is 10.2 Å². The van der Waals surface area contributed by atoms with Crippen molar-refractivity contribution < 1.29 is 0 Å². The number of hydrogen-bond acceptors (Lipinski definition) is 2. The van der Waals surface area contributed by atoms with Crippen molar-refractivity contribution in [1.29, 1.82) is 0 Å². The van der Waals surface area contributed by atoms with Crippen LogP contribution in [-0.4, -0.2) is 36.6 Å². The zero-order valence-corrected chi connectivity index (χ0v) is 10.6. The second-order valence-corrected chi connectivity index (χ2v) is 4.12. The van der Waals surface area contributed by atoms with Gasteiger partial charge in [0.15, 0.2) is 0 Å². The van der Waals surface area contributed by atoms with E-state index in [1.54, 1.807) is 0 Å². The zero-order valence-electron chi connectivity index (χ0n) is 10.6. The SMILES string of the molecule is CCCN(CCC)C(C)C(C)NCC. The first-order valence-corrected chi connectivity index (χ1v) is 6.14. The van der Waals surface area contributed by atoms with Crippen molar-refractivity contribution in [3.05, 3.63) is 0 Å². The monoisotopic (exact) mass is 200 g/mol. The highest BCUT2D eigenvalue weighted by Gasteiger charge is 2.17. The number of likely N-dealkylation sites (N-methyl/N-ethyl adjacent to an activating group) is 1. The van der Waals surface area contributed by atoms with Gasteiger partial charge in [0.05, 0.1) is 0 Å². The van der Waals surface area contributed by atoms with E-state index in [0.717, 1.165) is 6.54 Å². The minimum atomic E-state index is 0.595. The Labute approximate surface area is 90.1 Å². The van der Waals surface area contributed by atoms with Crippen LogP contribution in [0.2, 0.25) is 0 Å². The summed E-state index contributed by atoms with van der Waals surface area (Å²) in [7, 11) is 0.